The third kappa shape index (κ3) is 5.63. The van der Waals surface area contributed by atoms with Crippen LogP contribution in [0, 0.1) is 5.92 Å². The predicted octanol–water partition coefficient (Wildman–Crippen LogP) is 2.85. The van der Waals surface area contributed by atoms with Gasteiger partial charge < -0.3 is 15.3 Å². The first-order valence-corrected chi connectivity index (χ1v) is 9.85. The number of carboxylic acids is 1. The summed E-state index contributed by atoms with van der Waals surface area (Å²) in [4.78, 5) is 29.7. The summed E-state index contributed by atoms with van der Waals surface area (Å²) in [5.41, 5.74) is 1.93. The van der Waals surface area contributed by atoms with Gasteiger partial charge in [-0.1, -0.05) is 18.2 Å². The van der Waals surface area contributed by atoms with Crippen molar-refractivity contribution < 1.29 is 14.7 Å². The number of likely N-dealkylation sites (tertiary alicyclic amines) is 1. The lowest BCUT2D eigenvalue weighted by Gasteiger charge is -2.32. The fourth-order valence-corrected chi connectivity index (χ4v) is 3.73. The van der Waals surface area contributed by atoms with Crippen molar-refractivity contribution in [3.05, 3.63) is 65.5 Å². The van der Waals surface area contributed by atoms with Crippen molar-refractivity contribution in [2.24, 2.45) is 5.92 Å². The minimum absolute atomic E-state index is 0.0833. The zero-order valence-corrected chi connectivity index (χ0v) is 16.0. The molecule has 0 bridgehead atoms. The number of pyridine rings is 1. The van der Waals surface area contributed by atoms with Gasteiger partial charge in [-0.3, -0.25) is 9.78 Å². The first kappa shape index (κ1) is 20.0. The normalized spacial score (nSPS) is 15.3. The Morgan fingerprint density at radius 3 is 2.64 bits per heavy atom. The van der Waals surface area contributed by atoms with E-state index in [-0.39, 0.29) is 5.91 Å². The highest BCUT2D eigenvalue weighted by atomic mass is 16.4. The third-order valence-electron chi connectivity index (χ3n) is 5.41. The average molecular weight is 381 g/mol. The number of carbonyl (C=O) groups excluding carboxylic acids is 1. The molecule has 3 rings (SSSR count). The molecule has 6 nitrogen and oxygen atoms in total. The molecular weight excluding hydrogens is 354 g/mol. The fraction of sp³-hybridized carbons (Fsp3) is 0.409. The highest BCUT2D eigenvalue weighted by Gasteiger charge is 2.20. The Labute approximate surface area is 165 Å². The number of aromatic nitrogens is 1. The van der Waals surface area contributed by atoms with Crippen LogP contribution < -0.4 is 5.32 Å². The zero-order chi connectivity index (χ0) is 19.8. The van der Waals surface area contributed by atoms with Crippen molar-refractivity contribution in [3.63, 3.8) is 0 Å². The van der Waals surface area contributed by atoms with Gasteiger partial charge >= 0.3 is 5.97 Å². The number of benzene rings is 1. The number of piperidine rings is 1. The van der Waals surface area contributed by atoms with E-state index in [0.29, 0.717) is 23.6 Å². The maximum absolute atomic E-state index is 12.0. The van der Waals surface area contributed by atoms with Crippen LogP contribution in [-0.4, -0.2) is 53.0 Å². The van der Waals surface area contributed by atoms with E-state index in [1.165, 1.54) is 0 Å². The number of carboxylic acid groups (broad SMARTS) is 1. The van der Waals surface area contributed by atoms with Crippen molar-refractivity contribution >= 4 is 11.9 Å². The first-order valence-electron chi connectivity index (χ1n) is 9.85. The van der Waals surface area contributed by atoms with Crippen LogP contribution in [0.25, 0.3) is 0 Å². The Morgan fingerprint density at radius 1 is 1.14 bits per heavy atom. The molecule has 0 spiro atoms. The van der Waals surface area contributed by atoms with Crippen molar-refractivity contribution in [1.82, 2.24) is 15.2 Å². The molecule has 0 saturated carbocycles. The minimum Gasteiger partial charge on any atom is -0.478 e. The third-order valence-corrected chi connectivity index (χ3v) is 5.41. The molecule has 2 aromatic rings. The van der Waals surface area contributed by atoms with E-state index in [9.17, 15) is 14.7 Å². The quantitative estimate of drug-likeness (QED) is 0.735. The number of amides is 1. The molecule has 1 aliphatic heterocycles. The number of aryl methyl sites for hydroxylation is 1. The molecule has 1 aromatic carbocycles. The van der Waals surface area contributed by atoms with Crippen LogP contribution in [0.5, 0.6) is 0 Å². The SMILES string of the molecule is O=C(NCCN1CCC(CCc2ccccc2C(=O)O)CC1)c1cccnc1. The molecule has 148 valence electrons. The molecule has 1 amide bonds. The second kappa shape index (κ2) is 9.99. The van der Waals surface area contributed by atoms with Crippen LogP contribution in [0.2, 0.25) is 0 Å². The van der Waals surface area contributed by atoms with E-state index in [0.717, 1.165) is 50.9 Å². The van der Waals surface area contributed by atoms with Crippen LogP contribution in [0.3, 0.4) is 0 Å². The highest BCUT2D eigenvalue weighted by Crippen LogP contribution is 2.23. The van der Waals surface area contributed by atoms with Gasteiger partial charge in [0.15, 0.2) is 0 Å². The average Bonchev–Trinajstić information content (AvgIpc) is 2.74. The number of hydrogen-bond donors (Lipinski definition) is 2. The molecule has 0 radical (unpaired) electrons. The van der Waals surface area contributed by atoms with Gasteiger partial charge in [0.25, 0.3) is 5.91 Å². The van der Waals surface area contributed by atoms with Crippen LogP contribution in [0.15, 0.2) is 48.8 Å². The number of rotatable bonds is 8. The minimum atomic E-state index is -0.848. The van der Waals surface area contributed by atoms with Crippen molar-refractivity contribution in [3.8, 4) is 0 Å². The number of hydrogen-bond acceptors (Lipinski definition) is 4. The van der Waals surface area contributed by atoms with E-state index >= 15 is 0 Å². The molecule has 1 aromatic heterocycles. The highest BCUT2D eigenvalue weighted by molar-refractivity contribution is 5.93. The van der Waals surface area contributed by atoms with Gasteiger partial charge in [0.2, 0.25) is 0 Å². The molecule has 1 saturated heterocycles. The van der Waals surface area contributed by atoms with Crippen molar-refractivity contribution in [2.45, 2.75) is 25.7 Å². The summed E-state index contributed by atoms with van der Waals surface area (Å²) < 4.78 is 0. The predicted molar refractivity (Wildman–Crippen MR) is 107 cm³/mol. The lowest BCUT2D eigenvalue weighted by atomic mass is 9.89. The summed E-state index contributed by atoms with van der Waals surface area (Å²) in [6, 6.07) is 10.8. The van der Waals surface area contributed by atoms with E-state index < -0.39 is 5.97 Å². The lowest BCUT2D eigenvalue weighted by molar-refractivity contribution is 0.0695. The second-order valence-electron chi connectivity index (χ2n) is 7.28. The number of nitrogens with zero attached hydrogens (tertiary/aromatic N) is 2. The van der Waals surface area contributed by atoms with E-state index in [1.807, 2.05) is 12.1 Å². The molecule has 0 aliphatic carbocycles. The summed E-state index contributed by atoms with van der Waals surface area (Å²) in [6.45, 7) is 3.52. The molecule has 2 heterocycles. The number of carbonyl (C=O) groups is 2. The van der Waals surface area contributed by atoms with Crippen molar-refractivity contribution in [1.29, 1.82) is 0 Å². The first-order chi connectivity index (χ1) is 13.6. The largest absolute Gasteiger partial charge is 0.478 e. The van der Waals surface area contributed by atoms with Gasteiger partial charge in [-0.05, 0) is 68.5 Å². The van der Waals surface area contributed by atoms with Crippen LogP contribution in [0.4, 0.5) is 0 Å². The molecule has 0 atom stereocenters. The summed E-state index contributed by atoms with van der Waals surface area (Å²) in [5.74, 6) is -0.304. The van der Waals surface area contributed by atoms with Gasteiger partial charge in [0.1, 0.15) is 0 Å². The summed E-state index contributed by atoms with van der Waals surface area (Å²) in [6.07, 6.45) is 7.30. The Balaban J connectivity index is 1.36. The summed E-state index contributed by atoms with van der Waals surface area (Å²) in [5, 5.41) is 12.2. The molecule has 0 unspecified atom stereocenters. The Morgan fingerprint density at radius 2 is 1.93 bits per heavy atom. The Kier molecular flexibility index (Phi) is 7.14. The Bertz CT molecular complexity index is 787. The zero-order valence-electron chi connectivity index (χ0n) is 16.0. The second-order valence-corrected chi connectivity index (χ2v) is 7.28. The fourth-order valence-electron chi connectivity index (χ4n) is 3.73. The summed E-state index contributed by atoms with van der Waals surface area (Å²) in [7, 11) is 0. The monoisotopic (exact) mass is 381 g/mol. The van der Waals surface area contributed by atoms with Crippen LogP contribution in [-0.2, 0) is 6.42 Å². The van der Waals surface area contributed by atoms with Gasteiger partial charge in [-0.25, -0.2) is 4.79 Å². The molecule has 6 heteroatoms. The van der Waals surface area contributed by atoms with Gasteiger partial charge in [-0.15, -0.1) is 0 Å². The topological polar surface area (TPSA) is 82.5 Å². The standard InChI is InChI=1S/C22H27N3O3/c26-21(19-5-3-11-23-16-19)24-12-15-25-13-9-17(10-14-25)7-8-18-4-1-2-6-20(18)22(27)28/h1-6,11,16-17H,7-10,12-15H2,(H,24,26)(H,27,28). The molecule has 1 aliphatic rings. The van der Waals surface area contributed by atoms with E-state index in [2.05, 4.69) is 15.2 Å². The molecule has 28 heavy (non-hydrogen) atoms. The Hall–Kier alpha value is -2.73. The number of aromatic carboxylic acids is 1. The van der Waals surface area contributed by atoms with Crippen molar-refractivity contribution in [2.75, 3.05) is 26.2 Å². The number of nitrogens with one attached hydrogen (secondary N) is 1. The smallest absolute Gasteiger partial charge is 0.335 e. The maximum atomic E-state index is 12.0. The molecule has 2 N–H and O–H groups in total. The lowest BCUT2D eigenvalue weighted by Crippen LogP contribution is -2.39. The van der Waals surface area contributed by atoms with E-state index in [4.69, 9.17) is 0 Å². The molecular formula is C22H27N3O3. The molecule has 1 fully saturated rings. The summed E-state index contributed by atoms with van der Waals surface area (Å²) >= 11 is 0. The van der Waals surface area contributed by atoms with Gasteiger partial charge in [0.05, 0.1) is 11.1 Å². The van der Waals surface area contributed by atoms with Gasteiger partial charge in [0, 0.05) is 25.5 Å². The van der Waals surface area contributed by atoms with Gasteiger partial charge in [-0.2, -0.15) is 0 Å². The maximum Gasteiger partial charge on any atom is 0.335 e. The van der Waals surface area contributed by atoms with Crippen LogP contribution >= 0.6 is 0 Å². The van der Waals surface area contributed by atoms with E-state index in [1.54, 1.807) is 36.7 Å². The van der Waals surface area contributed by atoms with Crippen LogP contribution in [0.1, 0.15) is 45.5 Å².